The van der Waals surface area contributed by atoms with Crippen LogP contribution in [0.5, 0.6) is 0 Å². The second kappa shape index (κ2) is 7.22. The fourth-order valence-electron chi connectivity index (χ4n) is 6.76. The average Bonchev–Trinajstić information content (AvgIpc) is 2.72. The number of aromatic nitrogens is 1. The molecule has 1 aromatic carbocycles. The zero-order chi connectivity index (χ0) is 20.8. The number of amides is 2. The molecule has 0 radical (unpaired) electrons. The van der Waals surface area contributed by atoms with E-state index in [1.54, 1.807) is 24.5 Å². The largest absolute Gasteiger partial charge is 0.347 e. The van der Waals surface area contributed by atoms with Crippen LogP contribution in [-0.4, -0.2) is 23.3 Å². The molecule has 4 saturated carbocycles. The number of carbonyl (C=O) groups excluding carboxylic acids is 2. The normalized spacial score (nSPS) is 31.4. The van der Waals surface area contributed by atoms with Gasteiger partial charge in [-0.3, -0.25) is 14.6 Å². The Balaban J connectivity index is 1.31. The molecule has 2 unspecified atom stereocenters. The van der Waals surface area contributed by atoms with Crippen LogP contribution in [0.15, 0.2) is 48.8 Å². The highest BCUT2D eigenvalue weighted by molar-refractivity contribution is 5.95. The molecular formula is C25H29N3O2. The highest BCUT2D eigenvalue weighted by atomic mass is 16.2. The third kappa shape index (κ3) is 3.40. The van der Waals surface area contributed by atoms with E-state index < -0.39 is 0 Å². The van der Waals surface area contributed by atoms with Gasteiger partial charge in [0.1, 0.15) is 0 Å². The van der Waals surface area contributed by atoms with Gasteiger partial charge in [0, 0.05) is 6.20 Å². The van der Waals surface area contributed by atoms with E-state index in [4.69, 9.17) is 0 Å². The molecule has 4 bridgehead atoms. The van der Waals surface area contributed by atoms with Crippen molar-refractivity contribution in [3.63, 3.8) is 0 Å². The maximum Gasteiger partial charge on any atom is 0.243 e. The molecule has 2 amide bonds. The fourth-order valence-corrected chi connectivity index (χ4v) is 6.76. The minimum atomic E-state index is -0.330. The lowest BCUT2D eigenvalue weighted by Crippen LogP contribution is -2.59. The minimum absolute atomic E-state index is 0.00232. The molecule has 156 valence electrons. The zero-order valence-electron chi connectivity index (χ0n) is 17.5. The molecule has 4 fully saturated rings. The lowest BCUT2D eigenvalue weighted by atomic mass is 9.42. The predicted octanol–water partition coefficient (Wildman–Crippen LogP) is 3.98. The summed E-state index contributed by atoms with van der Waals surface area (Å²) in [6.45, 7) is 2.12. The molecule has 4 aliphatic carbocycles. The molecule has 2 atom stereocenters. The van der Waals surface area contributed by atoms with Gasteiger partial charge >= 0.3 is 0 Å². The Labute approximate surface area is 177 Å². The van der Waals surface area contributed by atoms with Gasteiger partial charge in [-0.25, -0.2) is 0 Å². The van der Waals surface area contributed by atoms with Crippen LogP contribution >= 0.6 is 0 Å². The maximum atomic E-state index is 13.4. The van der Waals surface area contributed by atoms with Crippen molar-refractivity contribution in [1.29, 1.82) is 0 Å². The van der Waals surface area contributed by atoms with Crippen molar-refractivity contribution in [3.05, 3.63) is 59.9 Å². The van der Waals surface area contributed by atoms with Crippen molar-refractivity contribution in [2.45, 2.75) is 50.9 Å². The number of hydrogen-bond donors (Lipinski definition) is 2. The number of benzene rings is 1. The number of nitrogens with zero attached hydrogens (tertiary/aromatic N) is 1. The molecular weight excluding hydrogens is 374 g/mol. The number of rotatable bonds is 5. The molecule has 1 aromatic heterocycles. The van der Waals surface area contributed by atoms with E-state index in [1.165, 1.54) is 30.4 Å². The van der Waals surface area contributed by atoms with E-state index in [1.807, 2.05) is 0 Å². The average molecular weight is 404 g/mol. The summed E-state index contributed by atoms with van der Waals surface area (Å²) >= 11 is 0. The van der Waals surface area contributed by atoms with Crippen LogP contribution in [0.1, 0.15) is 49.7 Å². The quantitative estimate of drug-likeness (QED) is 0.793. The first-order chi connectivity index (χ1) is 14.5. The van der Waals surface area contributed by atoms with Gasteiger partial charge in [-0.1, -0.05) is 29.8 Å². The smallest absolute Gasteiger partial charge is 0.243 e. The second-order valence-electron chi connectivity index (χ2n) is 9.86. The first kappa shape index (κ1) is 19.3. The Kier molecular flexibility index (Phi) is 4.64. The number of carbonyl (C=O) groups is 2. The van der Waals surface area contributed by atoms with E-state index in [0.717, 1.165) is 19.3 Å². The molecule has 5 heteroatoms. The summed E-state index contributed by atoms with van der Waals surface area (Å²) in [6, 6.07) is 12.5. The SMILES string of the molecule is Cc1ccc(C23CC4CC(CC(C(=O)NCC(=O)Nc5cccnc5)(C4)C2)C3)cc1. The predicted molar refractivity (Wildman–Crippen MR) is 116 cm³/mol. The Bertz CT molecular complexity index is 940. The van der Waals surface area contributed by atoms with E-state index in [-0.39, 0.29) is 29.2 Å². The fraction of sp³-hybridized carbons (Fsp3) is 0.480. The number of anilines is 1. The molecule has 2 N–H and O–H groups in total. The van der Waals surface area contributed by atoms with Gasteiger partial charge in [0.15, 0.2) is 0 Å². The van der Waals surface area contributed by atoms with Crippen LogP contribution in [0.2, 0.25) is 0 Å². The first-order valence-corrected chi connectivity index (χ1v) is 11.0. The van der Waals surface area contributed by atoms with Crippen molar-refractivity contribution >= 4 is 17.5 Å². The third-order valence-electron chi connectivity index (χ3n) is 7.56. The molecule has 4 aliphatic rings. The number of nitrogens with one attached hydrogen (secondary N) is 2. The highest BCUT2D eigenvalue weighted by Crippen LogP contribution is 2.65. The van der Waals surface area contributed by atoms with Gasteiger partial charge in [0.05, 0.1) is 23.8 Å². The summed E-state index contributed by atoms with van der Waals surface area (Å²) < 4.78 is 0. The van der Waals surface area contributed by atoms with Crippen LogP contribution < -0.4 is 10.6 Å². The van der Waals surface area contributed by atoms with Crippen LogP contribution in [0.3, 0.4) is 0 Å². The van der Waals surface area contributed by atoms with Crippen molar-refractivity contribution in [2.75, 3.05) is 11.9 Å². The lowest BCUT2D eigenvalue weighted by Gasteiger charge is -2.61. The molecule has 0 saturated heterocycles. The molecule has 0 spiro atoms. The molecule has 1 heterocycles. The Morgan fingerprint density at radius 2 is 1.80 bits per heavy atom. The topological polar surface area (TPSA) is 71.1 Å². The Hall–Kier alpha value is -2.69. The summed E-state index contributed by atoms with van der Waals surface area (Å²) in [4.78, 5) is 29.7. The van der Waals surface area contributed by atoms with E-state index in [9.17, 15) is 9.59 Å². The molecule has 30 heavy (non-hydrogen) atoms. The van der Waals surface area contributed by atoms with E-state index >= 15 is 0 Å². The summed E-state index contributed by atoms with van der Waals surface area (Å²) in [6.07, 6.45) is 9.75. The van der Waals surface area contributed by atoms with Gasteiger partial charge in [-0.15, -0.1) is 0 Å². The maximum absolute atomic E-state index is 13.4. The van der Waals surface area contributed by atoms with E-state index in [2.05, 4.69) is 46.8 Å². The number of hydrogen-bond acceptors (Lipinski definition) is 3. The minimum Gasteiger partial charge on any atom is -0.347 e. The van der Waals surface area contributed by atoms with Gasteiger partial charge < -0.3 is 10.6 Å². The van der Waals surface area contributed by atoms with Crippen LogP contribution in [-0.2, 0) is 15.0 Å². The highest BCUT2D eigenvalue weighted by Gasteiger charge is 2.60. The summed E-state index contributed by atoms with van der Waals surface area (Å²) in [5.74, 6) is 1.08. The molecule has 0 aliphatic heterocycles. The Morgan fingerprint density at radius 3 is 2.47 bits per heavy atom. The lowest BCUT2D eigenvalue weighted by molar-refractivity contribution is -0.149. The van der Waals surface area contributed by atoms with Gasteiger partial charge in [-0.05, 0) is 80.4 Å². The number of pyridine rings is 1. The summed E-state index contributed by atoms with van der Waals surface area (Å²) in [5, 5.41) is 5.76. The van der Waals surface area contributed by atoms with Crippen molar-refractivity contribution in [1.82, 2.24) is 10.3 Å². The summed E-state index contributed by atoms with van der Waals surface area (Å²) in [7, 11) is 0. The first-order valence-electron chi connectivity index (χ1n) is 11.0. The molecule has 6 rings (SSSR count). The van der Waals surface area contributed by atoms with Crippen molar-refractivity contribution in [3.8, 4) is 0 Å². The molecule has 2 aromatic rings. The number of aryl methyl sites for hydroxylation is 1. The van der Waals surface area contributed by atoms with Crippen LogP contribution in [0, 0.1) is 24.2 Å². The standard InChI is InChI=1S/C25H29N3O2/c1-17-4-6-20(7-5-17)24-10-18-9-19(11-24)13-25(12-18,16-24)23(30)27-15-22(29)28-21-3-2-8-26-14-21/h2-8,14,18-19H,9-13,15-16H2,1H3,(H,27,30)(H,28,29). The van der Waals surface area contributed by atoms with Crippen molar-refractivity contribution < 1.29 is 9.59 Å². The second-order valence-corrected chi connectivity index (χ2v) is 9.86. The van der Waals surface area contributed by atoms with E-state index in [0.29, 0.717) is 17.5 Å². The third-order valence-corrected chi connectivity index (χ3v) is 7.56. The summed E-state index contributed by atoms with van der Waals surface area (Å²) in [5.41, 5.74) is 3.10. The monoisotopic (exact) mass is 403 g/mol. The Morgan fingerprint density at radius 1 is 1.07 bits per heavy atom. The van der Waals surface area contributed by atoms with Gasteiger partial charge in [0.25, 0.3) is 0 Å². The van der Waals surface area contributed by atoms with Crippen molar-refractivity contribution in [2.24, 2.45) is 17.3 Å². The van der Waals surface area contributed by atoms with Gasteiger partial charge in [-0.2, -0.15) is 0 Å². The van der Waals surface area contributed by atoms with Gasteiger partial charge in [0.2, 0.25) is 11.8 Å². The zero-order valence-corrected chi connectivity index (χ0v) is 17.5. The molecule has 5 nitrogen and oxygen atoms in total. The van der Waals surface area contributed by atoms with Crippen LogP contribution in [0.4, 0.5) is 5.69 Å². The van der Waals surface area contributed by atoms with Crippen LogP contribution in [0.25, 0.3) is 0 Å².